The number of ether oxygens (including phenoxy) is 1. The van der Waals surface area contributed by atoms with E-state index in [2.05, 4.69) is 69.2 Å². The van der Waals surface area contributed by atoms with Gasteiger partial charge in [0, 0.05) is 22.2 Å². The largest absolute Gasteiger partial charge is 0.392 e. The molecule has 2 N–H and O–H groups in total. The van der Waals surface area contributed by atoms with E-state index in [9.17, 15) is 10.2 Å². The van der Waals surface area contributed by atoms with Crippen molar-refractivity contribution in [1.82, 2.24) is 0 Å². The molecule has 0 aromatic rings. The Kier molecular flexibility index (Phi) is 4.60. The van der Waals surface area contributed by atoms with Crippen LogP contribution in [0.4, 0.5) is 0 Å². The first-order valence-electron chi connectivity index (χ1n) is 11.9. The monoisotopic (exact) mass is 404 g/mol. The summed E-state index contributed by atoms with van der Waals surface area (Å²) in [7, 11) is 0. The first kappa shape index (κ1) is 21.8. The SMILES string of the molecule is CC1=C2[C@@H](C)[C@@H](O)[C@@]3(C)C(C(C)[C@](O)(C(C)C1C)C2(C)C)[C@]1(C)CO[C@@H]1C[C@@H]3C. The van der Waals surface area contributed by atoms with Crippen molar-refractivity contribution in [2.75, 3.05) is 6.61 Å². The molecule has 0 aromatic heterocycles. The second-order valence-electron chi connectivity index (χ2n) is 12.4. The van der Waals surface area contributed by atoms with Crippen molar-refractivity contribution in [1.29, 1.82) is 0 Å². The van der Waals surface area contributed by atoms with Gasteiger partial charge in [0.2, 0.25) is 0 Å². The van der Waals surface area contributed by atoms with Gasteiger partial charge in [-0.15, -0.1) is 0 Å². The van der Waals surface area contributed by atoms with Crippen molar-refractivity contribution in [3.8, 4) is 0 Å². The molecule has 3 aliphatic carbocycles. The van der Waals surface area contributed by atoms with E-state index >= 15 is 0 Å². The Morgan fingerprint density at radius 1 is 0.931 bits per heavy atom. The molecule has 1 saturated heterocycles. The number of aliphatic hydroxyl groups is 2. The van der Waals surface area contributed by atoms with Crippen molar-refractivity contribution < 1.29 is 14.9 Å². The van der Waals surface area contributed by atoms with E-state index in [-0.39, 0.29) is 46.0 Å². The van der Waals surface area contributed by atoms with Gasteiger partial charge in [-0.1, -0.05) is 73.5 Å². The quantitative estimate of drug-likeness (QED) is 0.555. The topological polar surface area (TPSA) is 49.7 Å². The molecule has 4 unspecified atom stereocenters. The lowest BCUT2D eigenvalue weighted by atomic mass is 9.37. The summed E-state index contributed by atoms with van der Waals surface area (Å²) >= 11 is 0. The van der Waals surface area contributed by atoms with Crippen LogP contribution in [0.15, 0.2) is 11.1 Å². The van der Waals surface area contributed by atoms with Crippen LogP contribution in [0.3, 0.4) is 0 Å². The van der Waals surface area contributed by atoms with Crippen LogP contribution in [-0.4, -0.2) is 34.6 Å². The molecular weight excluding hydrogens is 360 g/mol. The first-order valence-corrected chi connectivity index (χ1v) is 11.9. The summed E-state index contributed by atoms with van der Waals surface area (Å²) in [5, 5.41) is 24.7. The van der Waals surface area contributed by atoms with Gasteiger partial charge < -0.3 is 14.9 Å². The summed E-state index contributed by atoms with van der Waals surface area (Å²) in [6.45, 7) is 23.5. The highest BCUT2D eigenvalue weighted by molar-refractivity contribution is 5.37. The Balaban J connectivity index is 2.03. The van der Waals surface area contributed by atoms with Crippen LogP contribution in [-0.2, 0) is 4.74 Å². The Hall–Kier alpha value is -0.380. The van der Waals surface area contributed by atoms with Crippen LogP contribution >= 0.6 is 0 Å². The molecule has 3 nitrogen and oxygen atoms in total. The first-order chi connectivity index (χ1) is 13.2. The molecule has 3 heteroatoms. The van der Waals surface area contributed by atoms with Gasteiger partial charge in [0.15, 0.2) is 0 Å². The summed E-state index contributed by atoms with van der Waals surface area (Å²) in [5.74, 6) is 1.16. The predicted octanol–water partition coefficient (Wildman–Crippen LogP) is 5.06. The third-order valence-electron chi connectivity index (χ3n) is 11.3. The van der Waals surface area contributed by atoms with Crippen LogP contribution in [0, 0.1) is 51.8 Å². The Morgan fingerprint density at radius 3 is 2.03 bits per heavy atom. The van der Waals surface area contributed by atoms with Gasteiger partial charge in [-0.2, -0.15) is 0 Å². The van der Waals surface area contributed by atoms with E-state index in [4.69, 9.17) is 4.74 Å². The molecule has 0 spiro atoms. The molecule has 3 fully saturated rings. The molecule has 0 aromatic carbocycles. The zero-order valence-corrected chi connectivity index (χ0v) is 20.3. The van der Waals surface area contributed by atoms with Gasteiger partial charge in [-0.3, -0.25) is 0 Å². The van der Waals surface area contributed by atoms with Gasteiger partial charge >= 0.3 is 0 Å². The second kappa shape index (κ2) is 6.11. The fraction of sp³-hybridized carbons (Fsp3) is 0.923. The summed E-state index contributed by atoms with van der Waals surface area (Å²) in [6, 6.07) is 0. The maximum atomic E-state index is 12.7. The standard InChI is InChI=1S/C26H44O3/c1-13-11-19-24(9,12-29-19)21-18(6)26(28)17(5)14(2)15(3)20(23(26,7)8)16(4)22(27)25(13,21)10/h13-14,16-19,21-22,27-28H,11-12H2,1-10H3/t13-,14?,16+,17?,18?,19+,21?,22+,24+,25+,26+/m0/s1. The number of rotatable bonds is 0. The third-order valence-corrected chi connectivity index (χ3v) is 11.3. The van der Waals surface area contributed by atoms with Crippen LogP contribution in [0.25, 0.3) is 0 Å². The molecule has 1 heterocycles. The summed E-state index contributed by atoms with van der Waals surface area (Å²) < 4.78 is 6.07. The number of hydrogen-bond donors (Lipinski definition) is 2. The van der Waals surface area contributed by atoms with Crippen LogP contribution in [0.5, 0.6) is 0 Å². The highest BCUT2D eigenvalue weighted by Crippen LogP contribution is 2.70. The van der Waals surface area contributed by atoms with E-state index < -0.39 is 11.7 Å². The molecule has 0 radical (unpaired) electrons. The highest BCUT2D eigenvalue weighted by atomic mass is 16.5. The fourth-order valence-corrected chi connectivity index (χ4v) is 9.41. The van der Waals surface area contributed by atoms with E-state index in [1.165, 1.54) is 11.1 Å². The van der Waals surface area contributed by atoms with Gasteiger partial charge in [0.05, 0.1) is 24.4 Å². The van der Waals surface area contributed by atoms with Gasteiger partial charge in [0.1, 0.15) is 0 Å². The summed E-state index contributed by atoms with van der Waals surface area (Å²) in [5.41, 5.74) is 1.26. The third kappa shape index (κ3) is 2.21. The summed E-state index contributed by atoms with van der Waals surface area (Å²) in [4.78, 5) is 0. The van der Waals surface area contributed by atoms with Crippen molar-refractivity contribution >= 4 is 0 Å². The minimum absolute atomic E-state index is 0.0177. The lowest BCUT2D eigenvalue weighted by Crippen LogP contribution is -2.74. The van der Waals surface area contributed by atoms with E-state index in [1.54, 1.807) is 0 Å². The van der Waals surface area contributed by atoms with Crippen molar-refractivity contribution in [2.45, 2.75) is 93.5 Å². The number of aliphatic hydroxyl groups excluding tert-OH is 1. The zero-order valence-electron chi connectivity index (χ0n) is 20.3. The lowest BCUT2D eigenvalue weighted by Gasteiger charge is -2.72. The van der Waals surface area contributed by atoms with Crippen molar-refractivity contribution in [3.63, 3.8) is 0 Å². The molecule has 166 valence electrons. The molecule has 0 amide bonds. The zero-order chi connectivity index (χ0) is 21.9. The maximum Gasteiger partial charge on any atom is 0.0794 e. The van der Waals surface area contributed by atoms with E-state index in [0.29, 0.717) is 11.8 Å². The van der Waals surface area contributed by atoms with Gasteiger partial charge in [-0.05, 0) is 42.9 Å². The van der Waals surface area contributed by atoms with E-state index in [1.807, 2.05) is 0 Å². The van der Waals surface area contributed by atoms with Crippen LogP contribution in [0.1, 0.15) is 75.7 Å². The highest BCUT2D eigenvalue weighted by Gasteiger charge is 2.72. The summed E-state index contributed by atoms with van der Waals surface area (Å²) in [6.07, 6.45) is 0.837. The molecule has 1 aliphatic heterocycles. The molecule has 4 rings (SSSR count). The molecular formula is C26H44O3. The Morgan fingerprint density at radius 2 is 1.52 bits per heavy atom. The number of allylic oxidation sites excluding steroid dienone is 1. The molecule has 2 saturated carbocycles. The maximum absolute atomic E-state index is 12.7. The number of hydrogen-bond acceptors (Lipinski definition) is 3. The average Bonchev–Trinajstić information content (AvgIpc) is 2.65. The second-order valence-corrected chi connectivity index (χ2v) is 12.4. The predicted molar refractivity (Wildman–Crippen MR) is 117 cm³/mol. The molecule has 11 atom stereocenters. The minimum atomic E-state index is -0.818. The van der Waals surface area contributed by atoms with Crippen LogP contribution in [0.2, 0.25) is 0 Å². The normalized spacial score (nSPS) is 59.2. The smallest absolute Gasteiger partial charge is 0.0794 e. The Bertz CT molecular complexity index is 740. The van der Waals surface area contributed by atoms with Gasteiger partial charge in [0.25, 0.3) is 0 Å². The average molecular weight is 405 g/mol. The Labute approximate surface area is 178 Å². The molecule has 29 heavy (non-hydrogen) atoms. The lowest BCUT2D eigenvalue weighted by molar-refractivity contribution is -0.319. The van der Waals surface area contributed by atoms with Crippen LogP contribution < -0.4 is 0 Å². The fourth-order valence-electron chi connectivity index (χ4n) is 9.41. The number of fused-ring (bicyclic) bond motifs is 5. The van der Waals surface area contributed by atoms with Crippen molar-refractivity contribution in [2.24, 2.45) is 51.8 Å². The van der Waals surface area contributed by atoms with E-state index in [0.717, 1.165) is 13.0 Å². The molecule has 4 aliphatic rings. The minimum Gasteiger partial charge on any atom is -0.392 e. The van der Waals surface area contributed by atoms with Crippen molar-refractivity contribution in [3.05, 3.63) is 11.1 Å². The van der Waals surface area contributed by atoms with Gasteiger partial charge in [-0.25, -0.2) is 0 Å². The molecule has 2 bridgehead atoms.